The molecule has 0 unspecified atom stereocenters. The summed E-state index contributed by atoms with van der Waals surface area (Å²) < 4.78 is 11.5. The third-order valence-electron chi connectivity index (χ3n) is 6.21. The number of methoxy groups -OCH3 is 1. The first kappa shape index (κ1) is 15.9. The zero-order chi connectivity index (χ0) is 16.7. The quantitative estimate of drug-likeness (QED) is 0.890. The predicted molar refractivity (Wildman–Crippen MR) is 93.2 cm³/mol. The summed E-state index contributed by atoms with van der Waals surface area (Å²) in [5.41, 5.74) is 1.81. The van der Waals surface area contributed by atoms with Crippen molar-refractivity contribution in [2.75, 3.05) is 19.0 Å². The van der Waals surface area contributed by atoms with Crippen LogP contribution in [0.1, 0.15) is 44.1 Å². The monoisotopic (exact) mass is 329 g/mol. The summed E-state index contributed by atoms with van der Waals surface area (Å²) in [6, 6.07) is 5.71. The molecular weight excluding hydrogens is 302 g/mol. The average molecular weight is 329 g/mol. The number of benzene rings is 1. The van der Waals surface area contributed by atoms with Crippen molar-refractivity contribution in [3.8, 4) is 5.75 Å². The Morgan fingerprint density at radius 1 is 1.17 bits per heavy atom. The number of anilines is 1. The third-order valence-corrected chi connectivity index (χ3v) is 6.21. The van der Waals surface area contributed by atoms with E-state index in [0.717, 1.165) is 54.0 Å². The standard InChI is InChI=1S/C20H27NO3/c1-13-3-4-17(23-2)8-18(13)21-19(22)12-24-20-9-14-5-15(10-20)7-16(6-14)11-20/h3-4,8,14-16H,5-7,9-12H2,1-2H3,(H,21,22). The summed E-state index contributed by atoms with van der Waals surface area (Å²) in [4.78, 5) is 12.4. The van der Waals surface area contributed by atoms with Crippen molar-refractivity contribution < 1.29 is 14.3 Å². The molecule has 0 heterocycles. The third kappa shape index (κ3) is 3.04. The van der Waals surface area contributed by atoms with E-state index in [-0.39, 0.29) is 18.1 Å². The molecule has 0 radical (unpaired) electrons. The predicted octanol–water partition coefficient (Wildman–Crippen LogP) is 3.93. The lowest BCUT2D eigenvalue weighted by molar-refractivity contribution is -0.167. The molecule has 0 aromatic heterocycles. The Kier molecular flexibility index (Phi) is 4.03. The number of carbonyl (C=O) groups is 1. The van der Waals surface area contributed by atoms with E-state index in [2.05, 4.69) is 5.32 Å². The molecule has 1 aromatic carbocycles. The van der Waals surface area contributed by atoms with Gasteiger partial charge in [0.2, 0.25) is 5.91 Å². The van der Waals surface area contributed by atoms with Gasteiger partial charge in [0.15, 0.2) is 0 Å². The molecule has 0 spiro atoms. The molecule has 1 N–H and O–H groups in total. The summed E-state index contributed by atoms with van der Waals surface area (Å²) in [5, 5.41) is 2.97. The van der Waals surface area contributed by atoms with Crippen LogP contribution in [-0.2, 0) is 9.53 Å². The van der Waals surface area contributed by atoms with E-state index in [4.69, 9.17) is 9.47 Å². The smallest absolute Gasteiger partial charge is 0.250 e. The number of hydrogen-bond donors (Lipinski definition) is 1. The Bertz CT molecular complexity index is 604. The van der Waals surface area contributed by atoms with Gasteiger partial charge in [-0.2, -0.15) is 0 Å². The van der Waals surface area contributed by atoms with Gasteiger partial charge in [0.25, 0.3) is 0 Å². The van der Waals surface area contributed by atoms with Gasteiger partial charge in [0.1, 0.15) is 12.4 Å². The molecule has 4 saturated carbocycles. The van der Waals surface area contributed by atoms with Crippen LogP contribution in [0.25, 0.3) is 0 Å². The van der Waals surface area contributed by atoms with Crippen molar-refractivity contribution in [2.45, 2.75) is 51.0 Å². The lowest BCUT2D eigenvalue weighted by Crippen LogP contribution is -2.52. The van der Waals surface area contributed by atoms with Crippen molar-refractivity contribution in [3.05, 3.63) is 23.8 Å². The molecule has 130 valence electrons. The summed E-state index contributed by atoms with van der Waals surface area (Å²) >= 11 is 0. The highest BCUT2D eigenvalue weighted by Crippen LogP contribution is 2.57. The number of rotatable bonds is 5. The van der Waals surface area contributed by atoms with Crippen LogP contribution >= 0.6 is 0 Å². The maximum atomic E-state index is 12.4. The molecule has 0 aliphatic heterocycles. The van der Waals surface area contributed by atoms with Crippen LogP contribution in [-0.4, -0.2) is 25.2 Å². The normalized spacial score (nSPS) is 33.5. The second-order valence-corrected chi connectivity index (χ2v) is 8.12. The van der Waals surface area contributed by atoms with E-state index in [9.17, 15) is 4.79 Å². The Morgan fingerprint density at radius 2 is 1.79 bits per heavy atom. The number of carbonyl (C=O) groups excluding carboxylic acids is 1. The van der Waals surface area contributed by atoms with Gasteiger partial charge in [-0.3, -0.25) is 4.79 Å². The fraction of sp³-hybridized carbons (Fsp3) is 0.650. The molecule has 4 fully saturated rings. The van der Waals surface area contributed by atoms with Crippen molar-refractivity contribution in [3.63, 3.8) is 0 Å². The highest BCUT2D eigenvalue weighted by molar-refractivity contribution is 5.92. The van der Waals surface area contributed by atoms with Crippen LogP contribution in [0, 0.1) is 24.7 Å². The molecule has 1 aromatic rings. The molecular formula is C20H27NO3. The Hall–Kier alpha value is -1.55. The maximum absolute atomic E-state index is 12.4. The molecule has 4 bridgehead atoms. The Labute approximate surface area is 143 Å². The lowest BCUT2D eigenvalue weighted by atomic mass is 9.54. The fourth-order valence-electron chi connectivity index (χ4n) is 5.48. The molecule has 0 saturated heterocycles. The van der Waals surface area contributed by atoms with Gasteiger partial charge in [0, 0.05) is 11.8 Å². The minimum Gasteiger partial charge on any atom is -0.497 e. The van der Waals surface area contributed by atoms with Gasteiger partial charge in [-0.05, 0) is 74.8 Å². The maximum Gasteiger partial charge on any atom is 0.250 e. The van der Waals surface area contributed by atoms with Crippen LogP contribution < -0.4 is 10.1 Å². The van der Waals surface area contributed by atoms with Gasteiger partial charge in [0.05, 0.1) is 12.7 Å². The highest BCUT2D eigenvalue weighted by Gasteiger charge is 2.51. The molecule has 4 heteroatoms. The second kappa shape index (κ2) is 6.07. The van der Waals surface area contributed by atoms with Crippen molar-refractivity contribution in [1.82, 2.24) is 0 Å². The van der Waals surface area contributed by atoms with Crippen molar-refractivity contribution in [1.29, 1.82) is 0 Å². The van der Waals surface area contributed by atoms with E-state index in [0.29, 0.717) is 0 Å². The summed E-state index contributed by atoms with van der Waals surface area (Å²) in [5.74, 6) is 3.18. The molecule has 24 heavy (non-hydrogen) atoms. The first-order chi connectivity index (χ1) is 11.5. The van der Waals surface area contributed by atoms with Crippen LogP contribution in [0.4, 0.5) is 5.69 Å². The molecule has 4 nitrogen and oxygen atoms in total. The van der Waals surface area contributed by atoms with Gasteiger partial charge >= 0.3 is 0 Å². The SMILES string of the molecule is COc1ccc(C)c(NC(=O)COC23CC4CC(CC(C4)C2)C3)c1. The molecule has 4 aliphatic carbocycles. The zero-order valence-electron chi connectivity index (χ0n) is 14.6. The van der Waals surface area contributed by atoms with Crippen molar-refractivity contribution in [2.24, 2.45) is 17.8 Å². The first-order valence-corrected chi connectivity index (χ1v) is 9.14. The van der Waals surface area contributed by atoms with E-state index in [1.807, 2.05) is 25.1 Å². The lowest BCUT2D eigenvalue weighted by Gasteiger charge is -2.56. The largest absolute Gasteiger partial charge is 0.497 e. The molecule has 5 rings (SSSR count). The van der Waals surface area contributed by atoms with Crippen LogP contribution in [0.15, 0.2) is 18.2 Å². The summed E-state index contributed by atoms with van der Waals surface area (Å²) in [7, 11) is 1.63. The second-order valence-electron chi connectivity index (χ2n) is 8.12. The molecule has 1 amide bonds. The Morgan fingerprint density at radius 3 is 2.38 bits per heavy atom. The number of aryl methyl sites for hydroxylation is 1. The van der Waals surface area contributed by atoms with Gasteiger partial charge in [-0.25, -0.2) is 0 Å². The summed E-state index contributed by atoms with van der Waals surface area (Å²) in [6.07, 6.45) is 7.63. The number of amides is 1. The van der Waals surface area contributed by atoms with Crippen LogP contribution in [0.5, 0.6) is 5.75 Å². The molecule has 4 aliphatic rings. The zero-order valence-corrected chi connectivity index (χ0v) is 14.6. The summed E-state index contributed by atoms with van der Waals surface area (Å²) in [6.45, 7) is 2.14. The van der Waals surface area contributed by atoms with Crippen LogP contribution in [0.2, 0.25) is 0 Å². The van der Waals surface area contributed by atoms with Gasteiger partial charge in [-0.1, -0.05) is 6.07 Å². The average Bonchev–Trinajstić information content (AvgIpc) is 2.54. The topological polar surface area (TPSA) is 47.6 Å². The highest BCUT2D eigenvalue weighted by atomic mass is 16.5. The Balaban J connectivity index is 1.37. The van der Waals surface area contributed by atoms with E-state index in [1.165, 1.54) is 19.3 Å². The number of hydrogen-bond acceptors (Lipinski definition) is 3. The van der Waals surface area contributed by atoms with Crippen molar-refractivity contribution >= 4 is 11.6 Å². The first-order valence-electron chi connectivity index (χ1n) is 9.14. The fourth-order valence-corrected chi connectivity index (χ4v) is 5.48. The minimum absolute atomic E-state index is 0.0183. The van der Waals surface area contributed by atoms with E-state index in [1.54, 1.807) is 7.11 Å². The van der Waals surface area contributed by atoms with Gasteiger partial charge in [-0.15, -0.1) is 0 Å². The molecule has 0 atom stereocenters. The van der Waals surface area contributed by atoms with Crippen LogP contribution in [0.3, 0.4) is 0 Å². The number of nitrogens with one attached hydrogen (secondary N) is 1. The number of ether oxygens (including phenoxy) is 2. The van der Waals surface area contributed by atoms with E-state index < -0.39 is 0 Å². The van der Waals surface area contributed by atoms with E-state index >= 15 is 0 Å². The van der Waals surface area contributed by atoms with Gasteiger partial charge < -0.3 is 14.8 Å². The minimum atomic E-state index is -0.0675.